The summed E-state index contributed by atoms with van der Waals surface area (Å²) in [5, 5.41) is 0. The van der Waals surface area contributed by atoms with Crippen LogP contribution >= 0.6 is 0 Å². The van der Waals surface area contributed by atoms with Crippen molar-refractivity contribution in [3.8, 4) is 5.75 Å². The summed E-state index contributed by atoms with van der Waals surface area (Å²) in [6, 6.07) is 5.18. The third-order valence-electron chi connectivity index (χ3n) is 2.12. The highest BCUT2D eigenvalue weighted by molar-refractivity contribution is 5.38. The molecule has 0 aliphatic carbocycles. The quantitative estimate of drug-likeness (QED) is 0.606. The molecule has 0 atom stereocenters. The lowest BCUT2D eigenvalue weighted by Crippen LogP contribution is -2.17. The molecule has 0 saturated heterocycles. The predicted octanol–water partition coefficient (Wildman–Crippen LogP) is 3.16. The summed E-state index contributed by atoms with van der Waals surface area (Å²) in [5.74, 6) is -0.313. The van der Waals surface area contributed by atoms with Gasteiger partial charge in [0.1, 0.15) is 5.75 Å². The van der Waals surface area contributed by atoms with Crippen LogP contribution in [0.15, 0.2) is 29.3 Å². The summed E-state index contributed by atoms with van der Waals surface area (Å²) in [5.41, 5.74) is -0.228. The molecule has 0 aliphatic heterocycles. The molecular weight excluding hydrogens is 235 g/mol. The molecule has 0 N–H and O–H groups in total. The van der Waals surface area contributed by atoms with E-state index in [0.29, 0.717) is 5.56 Å². The van der Waals surface area contributed by atoms with Crippen LogP contribution < -0.4 is 4.74 Å². The van der Waals surface area contributed by atoms with E-state index >= 15 is 0 Å². The van der Waals surface area contributed by atoms with Crippen LogP contribution in [0.1, 0.15) is 19.4 Å². The highest BCUT2D eigenvalue weighted by atomic mass is 19.4. The van der Waals surface area contributed by atoms with Crippen LogP contribution in [0.3, 0.4) is 0 Å². The fourth-order valence-corrected chi connectivity index (χ4v) is 1.24. The van der Waals surface area contributed by atoms with Crippen LogP contribution in [0, 0.1) is 0 Å². The van der Waals surface area contributed by atoms with E-state index in [4.69, 9.17) is 0 Å². The van der Waals surface area contributed by atoms with E-state index in [2.05, 4.69) is 9.73 Å². The number of alkyl halides is 3. The van der Waals surface area contributed by atoms with Gasteiger partial charge in [0.05, 0.1) is 5.54 Å². The van der Waals surface area contributed by atoms with Crippen LogP contribution in [0.4, 0.5) is 13.2 Å². The van der Waals surface area contributed by atoms with Gasteiger partial charge >= 0.3 is 6.36 Å². The Hall–Kier alpha value is -1.81. The van der Waals surface area contributed by atoms with Crippen LogP contribution in [-0.2, 0) is 10.3 Å². The maximum absolute atomic E-state index is 11.9. The monoisotopic (exact) mass is 245 g/mol. The summed E-state index contributed by atoms with van der Waals surface area (Å²) in [6.07, 6.45) is -3.29. The fourth-order valence-electron chi connectivity index (χ4n) is 1.24. The van der Waals surface area contributed by atoms with Gasteiger partial charge in [-0.3, -0.25) is 0 Å². The Morgan fingerprint density at radius 2 is 1.71 bits per heavy atom. The fraction of sp³-hybridized carbons (Fsp3) is 0.364. The number of isocyanates is 1. The standard InChI is InChI=1S/C11H10F3NO2/c1-10(2,15-7-16)8-3-5-9(6-4-8)17-11(12,13)14/h3-6H,1-2H3. The van der Waals surface area contributed by atoms with E-state index in [1.807, 2.05) is 0 Å². The summed E-state index contributed by atoms with van der Waals surface area (Å²) >= 11 is 0. The molecule has 0 radical (unpaired) electrons. The van der Waals surface area contributed by atoms with Gasteiger partial charge < -0.3 is 4.74 Å². The molecule has 0 saturated carbocycles. The molecule has 0 aromatic heterocycles. The Kier molecular flexibility index (Phi) is 3.58. The predicted molar refractivity (Wildman–Crippen MR) is 54.3 cm³/mol. The summed E-state index contributed by atoms with van der Waals surface area (Å²) in [4.78, 5) is 13.7. The van der Waals surface area contributed by atoms with E-state index in [-0.39, 0.29) is 5.75 Å². The van der Waals surface area contributed by atoms with E-state index in [0.717, 1.165) is 0 Å². The van der Waals surface area contributed by atoms with Gasteiger partial charge in [0.25, 0.3) is 0 Å². The number of ether oxygens (including phenoxy) is 1. The van der Waals surface area contributed by atoms with Crippen molar-refractivity contribution >= 4 is 6.08 Å². The van der Waals surface area contributed by atoms with Crippen LogP contribution in [0.2, 0.25) is 0 Å². The van der Waals surface area contributed by atoms with Crippen molar-refractivity contribution < 1.29 is 22.7 Å². The topological polar surface area (TPSA) is 38.7 Å². The SMILES string of the molecule is CC(C)(N=C=O)c1ccc(OC(F)(F)F)cc1. The lowest BCUT2D eigenvalue weighted by atomic mass is 9.95. The smallest absolute Gasteiger partial charge is 0.406 e. The zero-order valence-electron chi connectivity index (χ0n) is 9.21. The van der Waals surface area contributed by atoms with Gasteiger partial charge in [0, 0.05) is 0 Å². The second kappa shape index (κ2) is 4.59. The highest BCUT2D eigenvalue weighted by Crippen LogP contribution is 2.28. The molecule has 17 heavy (non-hydrogen) atoms. The largest absolute Gasteiger partial charge is 0.573 e. The third kappa shape index (κ3) is 3.92. The zero-order chi connectivity index (χ0) is 13.1. The first-order valence-electron chi connectivity index (χ1n) is 4.70. The molecule has 0 aliphatic rings. The number of rotatable bonds is 3. The molecule has 1 aromatic carbocycles. The van der Waals surface area contributed by atoms with Crippen molar-refractivity contribution in [2.45, 2.75) is 25.7 Å². The number of nitrogens with zero attached hydrogens (tertiary/aromatic N) is 1. The molecule has 3 nitrogen and oxygen atoms in total. The van der Waals surface area contributed by atoms with Crippen LogP contribution in [0.5, 0.6) is 5.75 Å². The van der Waals surface area contributed by atoms with Crippen molar-refractivity contribution in [2.75, 3.05) is 0 Å². The summed E-state index contributed by atoms with van der Waals surface area (Å²) in [7, 11) is 0. The Morgan fingerprint density at radius 1 is 1.18 bits per heavy atom. The molecule has 0 amide bonds. The van der Waals surface area contributed by atoms with Crippen LogP contribution in [0.25, 0.3) is 0 Å². The first-order chi connectivity index (χ1) is 7.74. The van der Waals surface area contributed by atoms with Crippen molar-refractivity contribution in [1.29, 1.82) is 0 Å². The molecular formula is C11H10F3NO2. The minimum Gasteiger partial charge on any atom is -0.406 e. The summed E-state index contributed by atoms with van der Waals surface area (Å²) in [6.45, 7) is 3.30. The van der Waals surface area contributed by atoms with Gasteiger partial charge in [0.15, 0.2) is 0 Å². The maximum atomic E-state index is 11.9. The van der Waals surface area contributed by atoms with Crippen molar-refractivity contribution in [3.63, 3.8) is 0 Å². The first kappa shape index (κ1) is 13.3. The normalized spacial score (nSPS) is 11.8. The number of halogens is 3. The molecule has 0 bridgehead atoms. The van der Waals surface area contributed by atoms with Gasteiger partial charge in [0.2, 0.25) is 6.08 Å². The molecule has 0 fully saturated rings. The lowest BCUT2D eigenvalue weighted by Gasteiger charge is -2.18. The second-order valence-electron chi connectivity index (χ2n) is 3.83. The maximum Gasteiger partial charge on any atom is 0.573 e. The Morgan fingerprint density at radius 3 is 2.12 bits per heavy atom. The van der Waals surface area contributed by atoms with E-state index in [9.17, 15) is 18.0 Å². The highest BCUT2D eigenvalue weighted by Gasteiger charge is 2.31. The Bertz CT molecular complexity index is 431. The minimum atomic E-state index is -4.71. The van der Waals surface area contributed by atoms with Gasteiger partial charge in [-0.15, -0.1) is 13.2 Å². The zero-order valence-corrected chi connectivity index (χ0v) is 9.21. The van der Waals surface area contributed by atoms with E-state index in [1.165, 1.54) is 30.3 Å². The average molecular weight is 245 g/mol. The Labute approximate surface area is 95.9 Å². The van der Waals surface area contributed by atoms with Gasteiger partial charge in [-0.05, 0) is 31.5 Å². The van der Waals surface area contributed by atoms with Gasteiger partial charge in [-0.25, -0.2) is 4.79 Å². The average Bonchev–Trinajstić information content (AvgIpc) is 2.15. The van der Waals surface area contributed by atoms with E-state index < -0.39 is 11.9 Å². The van der Waals surface area contributed by atoms with E-state index in [1.54, 1.807) is 13.8 Å². The minimum absolute atomic E-state index is 0.313. The number of hydrogen-bond acceptors (Lipinski definition) is 3. The Balaban J connectivity index is 2.92. The van der Waals surface area contributed by atoms with Crippen LogP contribution in [-0.4, -0.2) is 12.4 Å². The number of hydrogen-bond donors (Lipinski definition) is 0. The van der Waals surface area contributed by atoms with Gasteiger partial charge in [-0.1, -0.05) is 12.1 Å². The molecule has 92 valence electrons. The van der Waals surface area contributed by atoms with Crippen molar-refractivity contribution in [2.24, 2.45) is 4.99 Å². The molecule has 0 spiro atoms. The molecule has 0 heterocycles. The van der Waals surface area contributed by atoms with Gasteiger partial charge in [-0.2, -0.15) is 4.99 Å². The number of carbonyl (C=O) groups excluding carboxylic acids is 1. The first-order valence-corrected chi connectivity index (χ1v) is 4.70. The lowest BCUT2D eigenvalue weighted by molar-refractivity contribution is -0.274. The number of benzene rings is 1. The molecule has 0 unspecified atom stereocenters. The molecule has 1 rings (SSSR count). The van der Waals surface area contributed by atoms with Crippen molar-refractivity contribution in [1.82, 2.24) is 0 Å². The molecule has 1 aromatic rings. The van der Waals surface area contributed by atoms with Crippen molar-refractivity contribution in [3.05, 3.63) is 29.8 Å². The third-order valence-corrected chi connectivity index (χ3v) is 2.12. The summed E-state index contributed by atoms with van der Waals surface area (Å²) < 4.78 is 39.4. The number of aliphatic imine (C=N–C) groups is 1. The molecule has 6 heteroatoms. The second-order valence-corrected chi connectivity index (χ2v) is 3.83.